The third kappa shape index (κ3) is 3.03. The quantitative estimate of drug-likeness (QED) is 0.447. The minimum atomic E-state index is -0.217. The van der Waals surface area contributed by atoms with Crippen LogP contribution in [0.2, 0.25) is 0 Å². The van der Waals surface area contributed by atoms with E-state index in [1.54, 1.807) is 0 Å². The van der Waals surface area contributed by atoms with Crippen molar-refractivity contribution in [3.8, 4) is 0 Å². The van der Waals surface area contributed by atoms with Gasteiger partial charge >= 0.3 is 6.21 Å². The van der Waals surface area contributed by atoms with E-state index in [9.17, 15) is 4.79 Å². The molecule has 0 aliphatic rings. The number of carbonyl (C=O) groups excluding carboxylic acids is 1. The van der Waals surface area contributed by atoms with Gasteiger partial charge in [-0.25, -0.2) is 0 Å². The molecule has 0 spiro atoms. The summed E-state index contributed by atoms with van der Waals surface area (Å²) in [5.41, 5.74) is 10.4. The second-order valence-electron chi connectivity index (χ2n) is 4.00. The minimum Gasteiger partial charge on any atom is -0.361 e. The molecule has 0 radical (unpaired) electrons. The first-order chi connectivity index (χ1) is 8.79. The Hall–Kier alpha value is -2.45. The number of hydrogen-bond donors (Lipinski definition) is 0. The summed E-state index contributed by atoms with van der Waals surface area (Å²) in [4.78, 5) is 14.1. The fraction of sp³-hybridized carbons (Fsp3) is 0.143. The van der Waals surface area contributed by atoms with Crippen LogP contribution < -0.4 is 0 Å². The molecule has 0 amide bonds. The smallest absolute Gasteiger partial charge is 0.323 e. The van der Waals surface area contributed by atoms with Crippen LogP contribution in [0.3, 0.4) is 0 Å². The van der Waals surface area contributed by atoms with Crippen LogP contribution in [0.1, 0.15) is 11.3 Å². The lowest BCUT2D eigenvalue weighted by molar-refractivity contribution is -0.115. The monoisotopic (exact) mass is 239 g/mol. The van der Waals surface area contributed by atoms with Gasteiger partial charge in [0.05, 0.1) is 6.42 Å². The number of Topliss-reactive ketones (excluding diaryl/α,β-unsaturated/α-hetero) is 1. The predicted molar refractivity (Wildman–Crippen MR) is 68.4 cm³/mol. The summed E-state index contributed by atoms with van der Waals surface area (Å²) in [6, 6.07) is 13.8. The van der Waals surface area contributed by atoms with Gasteiger partial charge in [0.25, 0.3) is 0 Å². The van der Waals surface area contributed by atoms with E-state index in [2.05, 4.69) is 4.79 Å². The molecule has 0 atom stereocenters. The minimum absolute atomic E-state index is 0.217. The van der Waals surface area contributed by atoms with Gasteiger partial charge in [0.2, 0.25) is 5.78 Å². The Morgan fingerprint density at radius 3 is 2.72 bits per heavy atom. The maximum Gasteiger partial charge on any atom is 0.323 e. The summed E-state index contributed by atoms with van der Waals surface area (Å²) < 4.78 is 2.01. The van der Waals surface area contributed by atoms with Gasteiger partial charge in [0.15, 0.2) is 0 Å². The molecule has 0 fully saturated rings. The largest absolute Gasteiger partial charge is 0.361 e. The lowest BCUT2D eigenvalue weighted by Gasteiger charge is -2.07. The Balaban J connectivity index is 2.13. The van der Waals surface area contributed by atoms with Gasteiger partial charge in [-0.1, -0.05) is 30.3 Å². The van der Waals surface area contributed by atoms with Crippen molar-refractivity contribution in [1.82, 2.24) is 4.57 Å². The number of carbonyl (C=O) groups is 1. The molecule has 0 aliphatic heterocycles. The summed E-state index contributed by atoms with van der Waals surface area (Å²) in [7, 11) is 0. The van der Waals surface area contributed by atoms with Crippen molar-refractivity contribution in [3.63, 3.8) is 0 Å². The highest BCUT2D eigenvalue weighted by Gasteiger charge is 2.08. The van der Waals surface area contributed by atoms with Crippen molar-refractivity contribution in [2.75, 3.05) is 0 Å². The maximum absolute atomic E-state index is 11.4. The fourth-order valence-corrected chi connectivity index (χ4v) is 1.83. The summed E-state index contributed by atoms with van der Waals surface area (Å²) in [6.45, 7) is 0.729. The summed E-state index contributed by atoms with van der Waals surface area (Å²) in [6.07, 6.45) is 3.11. The van der Waals surface area contributed by atoms with Gasteiger partial charge in [-0.2, -0.15) is 4.79 Å². The molecular formula is C14H13N3O. The predicted octanol–water partition coefficient (Wildman–Crippen LogP) is 1.95. The van der Waals surface area contributed by atoms with E-state index in [1.165, 1.54) is 5.56 Å². The zero-order chi connectivity index (χ0) is 12.8. The van der Waals surface area contributed by atoms with Crippen LogP contribution in [-0.4, -0.2) is 21.4 Å². The molecule has 0 N–H and O–H groups in total. The van der Waals surface area contributed by atoms with Gasteiger partial charge in [0.1, 0.15) is 0 Å². The molecule has 1 aromatic carbocycles. The van der Waals surface area contributed by atoms with Crippen LogP contribution in [0.25, 0.3) is 5.53 Å². The molecule has 18 heavy (non-hydrogen) atoms. The average molecular weight is 239 g/mol. The van der Waals surface area contributed by atoms with Crippen LogP contribution in [0, 0.1) is 0 Å². The number of benzene rings is 1. The third-order valence-corrected chi connectivity index (χ3v) is 2.68. The van der Waals surface area contributed by atoms with Crippen LogP contribution in [-0.2, 0) is 17.8 Å². The molecule has 0 saturated carbocycles. The second kappa shape index (κ2) is 5.75. The Bertz CT molecular complexity index is 580. The normalized spacial score (nSPS) is 9.78. The maximum atomic E-state index is 11.4. The standard InChI is InChI=1S/C14H13N3O/c15-16-10-14(18)9-13-7-4-8-17(13)11-12-5-2-1-3-6-12/h1-8,10H,9,11H2. The molecule has 2 aromatic rings. The van der Waals surface area contributed by atoms with E-state index in [-0.39, 0.29) is 12.2 Å². The van der Waals surface area contributed by atoms with Gasteiger partial charge in [-0.05, 0) is 17.7 Å². The molecule has 0 bridgehead atoms. The van der Waals surface area contributed by atoms with Gasteiger partial charge in [-0.3, -0.25) is 4.79 Å². The number of nitrogens with zero attached hydrogens (tertiary/aromatic N) is 3. The first-order valence-corrected chi connectivity index (χ1v) is 5.68. The summed E-state index contributed by atoms with van der Waals surface area (Å²) in [5.74, 6) is -0.217. The van der Waals surface area contributed by atoms with Crippen molar-refractivity contribution in [2.45, 2.75) is 13.0 Å². The van der Waals surface area contributed by atoms with Crippen molar-refractivity contribution in [3.05, 3.63) is 65.4 Å². The van der Waals surface area contributed by atoms with Crippen LogP contribution in [0.4, 0.5) is 0 Å². The molecule has 0 saturated heterocycles. The van der Waals surface area contributed by atoms with Gasteiger partial charge < -0.3 is 10.1 Å². The van der Waals surface area contributed by atoms with E-state index >= 15 is 0 Å². The van der Waals surface area contributed by atoms with Crippen LogP contribution >= 0.6 is 0 Å². The molecule has 0 unspecified atom stereocenters. The number of aromatic nitrogens is 1. The average Bonchev–Trinajstić information content (AvgIpc) is 2.78. The van der Waals surface area contributed by atoms with E-state index in [4.69, 9.17) is 5.53 Å². The van der Waals surface area contributed by atoms with Crippen molar-refractivity contribution >= 4 is 12.0 Å². The van der Waals surface area contributed by atoms with E-state index in [0.717, 1.165) is 18.5 Å². The molecule has 90 valence electrons. The van der Waals surface area contributed by atoms with E-state index < -0.39 is 0 Å². The Morgan fingerprint density at radius 2 is 2.00 bits per heavy atom. The highest BCUT2D eigenvalue weighted by molar-refractivity contribution is 6.25. The molecule has 0 aliphatic carbocycles. The Morgan fingerprint density at radius 1 is 1.22 bits per heavy atom. The Kier molecular flexibility index (Phi) is 3.84. The molecule has 2 rings (SSSR count). The summed E-state index contributed by atoms with van der Waals surface area (Å²) in [5, 5.41) is 0. The van der Waals surface area contributed by atoms with Crippen LogP contribution in [0.5, 0.6) is 0 Å². The lowest BCUT2D eigenvalue weighted by atomic mass is 10.2. The zero-order valence-corrected chi connectivity index (χ0v) is 9.86. The second-order valence-corrected chi connectivity index (χ2v) is 4.00. The first kappa shape index (κ1) is 12.0. The zero-order valence-electron chi connectivity index (χ0n) is 9.86. The highest BCUT2D eigenvalue weighted by Crippen LogP contribution is 2.08. The number of rotatable bonds is 5. The Labute approximate surface area is 105 Å². The van der Waals surface area contributed by atoms with Crippen molar-refractivity contribution in [1.29, 1.82) is 0 Å². The number of ketones is 1. The molecule has 4 nitrogen and oxygen atoms in total. The molecule has 4 heteroatoms. The van der Waals surface area contributed by atoms with E-state index in [1.807, 2.05) is 53.2 Å². The highest BCUT2D eigenvalue weighted by atomic mass is 16.1. The molecule has 1 heterocycles. The lowest BCUT2D eigenvalue weighted by Crippen LogP contribution is -2.10. The van der Waals surface area contributed by atoms with Crippen LogP contribution in [0.15, 0.2) is 48.7 Å². The molecular weight excluding hydrogens is 226 g/mol. The summed E-state index contributed by atoms with van der Waals surface area (Å²) >= 11 is 0. The van der Waals surface area contributed by atoms with Crippen molar-refractivity contribution in [2.24, 2.45) is 0 Å². The van der Waals surface area contributed by atoms with Gasteiger partial charge in [0, 0.05) is 18.4 Å². The first-order valence-electron chi connectivity index (χ1n) is 5.68. The topological polar surface area (TPSA) is 58.4 Å². The third-order valence-electron chi connectivity index (χ3n) is 2.68. The molecule has 1 aromatic heterocycles. The fourth-order valence-electron chi connectivity index (χ4n) is 1.83. The van der Waals surface area contributed by atoms with Crippen molar-refractivity contribution < 1.29 is 9.58 Å². The van der Waals surface area contributed by atoms with Gasteiger partial charge in [-0.15, -0.1) is 0 Å². The SMILES string of the molecule is [N-]=[N+]=CC(=O)Cc1cccn1Cc1ccccc1. The van der Waals surface area contributed by atoms with E-state index in [0.29, 0.717) is 0 Å². The number of hydrogen-bond acceptors (Lipinski definition) is 1.